The third-order valence-electron chi connectivity index (χ3n) is 7.60. The third-order valence-corrected chi connectivity index (χ3v) is 7.60. The number of carbonyl (C=O) groups is 1. The lowest BCUT2D eigenvalue weighted by atomic mass is 9.77. The van der Waals surface area contributed by atoms with E-state index in [1.807, 2.05) is 11.5 Å². The van der Waals surface area contributed by atoms with E-state index >= 15 is 0 Å². The first-order chi connectivity index (χ1) is 17.6. The maximum atomic E-state index is 14.5. The largest absolute Gasteiger partial charge is 0.381 e. The van der Waals surface area contributed by atoms with E-state index in [4.69, 9.17) is 15.5 Å². The molecule has 0 unspecified atom stereocenters. The zero-order valence-electron chi connectivity index (χ0n) is 20.7. The molecule has 2 fully saturated rings. The molecule has 1 aliphatic heterocycles. The summed E-state index contributed by atoms with van der Waals surface area (Å²) in [5.41, 5.74) is 5.33. The second-order valence-electron chi connectivity index (χ2n) is 10.3. The number of nitrogens with one attached hydrogen (secondary N) is 2. The van der Waals surface area contributed by atoms with Crippen LogP contribution >= 0.6 is 0 Å². The predicted octanol–water partition coefficient (Wildman–Crippen LogP) is 4.21. The van der Waals surface area contributed by atoms with E-state index < -0.39 is 28.7 Å². The Morgan fingerprint density at radius 2 is 1.86 bits per heavy atom. The highest BCUT2D eigenvalue weighted by Crippen LogP contribution is 2.42. The maximum absolute atomic E-state index is 14.5. The van der Waals surface area contributed by atoms with Crippen molar-refractivity contribution in [2.75, 3.05) is 23.8 Å². The minimum atomic E-state index is -1.08. The molecule has 0 spiro atoms. The second-order valence-corrected chi connectivity index (χ2v) is 10.3. The molecule has 5 rings (SSSR count). The van der Waals surface area contributed by atoms with Gasteiger partial charge in [0.1, 0.15) is 17.0 Å². The van der Waals surface area contributed by atoms with Crippen molar-refractivity contribution < 1.29 is 22.7 Å². The van der Waals surface area contributed by atoms with Crippen molar-refractivity contribution >= 4 is 34.7 Å². The zero-order chi connectivity index (χ0) is 26.3. The van der Waals surface area contributed by atoms with Gasteiger partial charge >= 0.3 is 0 Å². The molecule has 2 atom stereocenters. The number of hydrogen-bond donors (Lipinski definition) is 3. The fraction of sp³-hybridized carbons (Fsp3) is 0.520. The van der Waals surface area contributed by atoms with Gasteiger partial charge < -0.3 is 21.1 Å². The molecule has 2 aliphatic rings. The number of ether oxygens (including phenoxy) is 1. The van der Waals surface area contributed by atoms with E-state index in [0.717, 1.165) is 6.42 Å². The number of amides is 1. The van der Waals surface area contributed by atoms with Gasteiger partial charge in [0, 0.05) is 36.2 Å². The van der Waals surface area contributed by atoms with Crippen LogP contribution in [0.2, 0.25) is 0 Å². The fourth-order valence-corrected chi connectivity index (χ4v) is 5.32. The number of nitrogens with two attached hydrogens (primary N) is 1. The number of aromatic nitrogens is 4. The van der Waals surface area contributed by atoms with Crippen LogP contribution in [0.3, 0.4) is 0 Å². The molecule has 1 saturated heterocycles. The molecular formula is C25H30F3N7O2. The van der Waals surface area contributed by atoms with Crippen molar-refractivity contribution in [2.24, 2.45) is 17.6 Å². The second kappa shape index (κ2) is 9.81. The third kappa shape index (κ3) is 4.94. The number of halogens is 3. The first-order valence-corrected chi connectivity index (χ1v) is 12.5. The van der Waals surface area contributed by atoms with Crippen LogP contribution in [0.25, 0.3) is 11.2 Å². The van der Waals surface area contributed by atoms with Gasteiger partial charge in [0.05, 0.1) is 12.8 Å². The molecule has 0 radical (unpaired) electrons. The first-order valence-electron chi connectivity index (χ1n) is 12.5. The van der Waals surface area contributed by atoms with E-state index in [0.29, 0.717) is 68.1 Å². The zero-order valence-corrected chi connectivity index (χ0v) is 20.7. The predicted molar refractivity (Wildman–Crippen MR) is 132 cm³/mol. The number of carbonyl (C=O) groups excluding carboxylic acids is 1. The van der Waals surface area contributed by atoms with Crippen LogP contribution in [0, 0.1) is 29.3 Å². The highest BCUT2D eigenvalue weighted by molar-refractivity contribution is 5.78. The summed E-state index contributed by atoms with van der Waals surface area (Å²) < 4.78 is 49.9. The van der Waals surface area contributed by atoms with Gasteiger partial charge in [-0.25, -0.2) is 23.1 Å². The van der Waals surface area contributed by atoms with Crippen molar-refractivity contribution in [3.63, 3.8) is 0 Å². The lowest BCUT2D eigenvalue weighted by molar-refractivity contribution is -0.123. The van der Waals surface area contributed by atoms with E-state index in [-0.39, 0.29) is 29.7 Å². The Kier molecular flexibility index (Phi) is 6.69. The van der Waals surface area contributed by atoms with Crippen LogP contribution < -0.4 is 16.4 Å². The van der Waals surface area contributed by atoms with Crippen LogP contribution in [0.4, 0.5) is 30.8 Å². The van der Waals surface area contributed by atoms with Gasteiger partial charge in [-0.2, -0.15) is 4.98 Å². The number of rotatable bonds is 6. The number of anilines is 3. The van der Waals surface area contributed by atoms with E-state index in [9.17, 15) is 18.0 Å². The number of primary amides is 1. The summed E-state index contributed by atoms with van der Waals surface area (Å²) in [5, 5.41) is 6.11. The standard InChI is InChI=1S/C25H30F3N7O2/c1-13-12-37-8-5-18(13)31-23-30-11-19-22(34-23)35(25(2)6-3-14(4-7-25)21(29)36)24(32-19)33-20-16(27)9-15(26)10-17(20)28/h9-11,13-14,18H,3-8,12H2,1-2H3,(H2,29,36)(H,32,33)(H,30,31,34)/t13-,14-,18-,25-/m1/s1. The van der Waals surface area contributed by atoms with Crippen LogP contribution in [-0.2, 0) is 15.1 Å². The molecule has 3 aromatic rings. The lowest BCUT2D eigenvalue weighted by Crippen LogP contribution is -2.39. The highest BCUT2D eigenvalue weighted by Gasteiger charge is 2.38. The Morgan fingerprint density at radius 1 is 1.16 bits per heavy atom. The van der Waals surface area contributed by atoms with Crippen molar-refractivity contribution in [1.82, 2.24) is 19.5 Å². The molecular weight excluding hydrogens is 487 g/mol. The SMILES string of the molecule is C[C@@H]1COCC[C@H]1Nc1ncc2nc(Nc3c(F)cc(F)cc3F)n([C@]3(C)CC[C@@H](C(N)=O)CC3)c2n1. The van der Waals surface area contributed by atoms with Crippen molar-refractivity contribution in [1.29, 1.82) is 0 Å². The molecule has 1 aromatic carbocycles. The quantitative estimate of drug-likeness (QED) is 0.448. The molecule has 198 valence electrons. The normalized spacial score (nSPS) is 26.2. The van der Waals surface area contributed by atoms with Gasteiger partial charge in [0.2, 0.25) is 17.8 Å². The van der Waals surface area contributed by atoms with Crippen molar-refractivity contribution in [3.8, 4) is 0 Å². The van der Waals surface area contributed by atoms with Gasteiger partial charge in [-0.1, -0.05) is 6.92 Å². The molecule has 4 N–H and O–H groups in total. The summed E-state index contributed by atoms with van der Waals surface area (Å²) in [7, 11) is 0. The molecule has 0 bridgehead atoms. The summed E-state index contributed by atoms with van der Waals surface area (Å²) in [5.74, 6) is -2.95. The Balaban J connectivity index is 1.57. The van der Waals surface area contributed by atoms with Crippen LogP contribution in [0.1, 0.15) is 46.0 Å². The van der Waals surface area contributed by atoms with Crippen molar-refractivity contribution in [3.05, 3.63) is 35.8 Å². The molecule has 1 saturated carbocycles. The molecule has 9 nitrogen and oxygen atoms in total. The van der Waals surface area contributed by atoms with E-state index in [2.05, 4.69) is 27.5 Å². The number of benzene rings is 1. The molecule has 37 heavy (non-hydrogen) atoms. The molecule has 1 aliphatic carbocycles. The fourth-order valence-electron chi connectivity index (χ4n) is 5.32. The average Bonchev–Trinajstić information content (AvgIpc) is 3.21. The van der Waals surface area contributed by atoms with E-state index in [1.165, 1.54) is 0 Å². The highest BCUT2D eigenvalue weighted by atomic mass is 19.1. The van der Waals surface area contributed by atoms with Gasteiger partial charge in [-0.3, -0.25) is 9.36 Å². The maximum Gasteiger partial charge on any atom is 0.224 e. The average molecular weight is 518 g/mol. The number of imidazole rings is 1. The lowest BCUT2D eigenvalue weighted by Gasteiger charge is -2.38. The van der Waals surface area contributed by atoms with Gasteiger partial charge in [0.15, 0.2) is 17.3 Å². The Morgan fingerprint density at radius 3 is 2.51 bits per heavy atom. The monoisotopic (exact) mass is 517 g/mol. The molecule has 12 heteroatoms. The van der Waals surface area contributed by atoms with Crippen LogP contribution in [-0.4, -0.2) is 44.7 Å². The number of fused-ring (bicyclic) bond motifs is 1. The van der Waals surface area contributed by atoms with E-state index in [1.54, 1.807) is 6.20 Å². The number of nitrogens with zero attached hydrogens (tertiary/aromatic N) is 4. The summed E-state index contributed by atoms with van der Waals surface area (Å²) in [6, 6.07) is 1.34. The Bertz CT molecular complexity index is 1300. The van der Waals surface area contributed by atoms with Gasteiger partial charge in [0.25, 0.3) is 0 Å². The Hall–Kier alpha value is -3.41. The number of hydrogen-bond acceptors (Lipinski definition) is 7. The summed E-state index contributed by atoms with van der Waals surface area (Å²) in [4.78, 5) is 25.5. The summed E-state index contributed by atoms with van der Waals surface area (Å²) >= 11 is 0. The molecule has 2 aromatic heterocycles. The summed E-state index contributed by atoms with van der Waals surface area (Å²) in [6.45, 7) is 5.36. The summed E-state index contributed by atoms with van der Waals surface area (Å²) in [6.07, 6.45) is 4.62. The van der Waals surface area contributed by atoms with Gasteiger partial charge in [-0.15, -0.1) is 0 Å². The molecule has 1 amide bonds. The van der Waals surface area contributed by atoms with Crippen molar-refractivity contribution in [2.45, 2.75) is 57.5 Å². The first kappa shape index (κ1) is 25.2. The minimum Gasteiger partial charge on any atom is -0.381 e. The smallest absolute Gasteiger partial charge is 0.224 e. The Labute approximate surface area is 212 Å². The van der Waals surface area contributed by atoms with Gasteiger partial charge in [-0.05, 0) is 44.9 Å². The topological polar surface area (TPSA) is 120 Å². The molecule has 3 heterocycles. The van der Waals surface area contributed by atoms with Crippen LogP contribution in [0.15, 0.2) is 18.3 Å². The minimum absolute atomic E-state index is 0.129. The van der Waals surface area contributed by atoms with Crippen LogP contribution in [0.5, 0.6) is 0 Å².